The molecule has 6 nitrogen and oxygen atoms in total. The van der Waals surface area contributed by atoms with Crippen LogP contribution in [0.3, 0.4) is 0 Å². The Balaban J connectivity index is 1.40. The number of carboxylic acid groups (broad SMARTS) is 1. The number of nitrogens with zero attached hydrogens (tertiary/aromatic N) is 1. The molecule has 3 saturated carbocycles. The van der Waals surface area contributed by atoms with Gasteiger partial charge in [-0.3, -0.25) is 9.59 Å². The molecule has 1 heterocycles. The average Bonchev–Trinajstić information content (AvgIpc) is 3.35. The number of amides is 1. The molecule has 0 aliphatic heterocycles. The second-order valence-electron chi connectivity index (χ2n) is 11.5. The molecule has 2 N–H and O–H groups in total. The quantitative estimate of drug-likeness (QED) is 0.413. The average molecular weight is 499 g/mol. The number of carbonyl (C=O) groups is 2. The van der Waals surface area contributed by atoms with E-state index in [1.54, 1.807) is 6.07 Å². The molecule has 3 fully saturated rings. The summed E-state index contributed by atoms with van der Waals surface area (Å²) in [7, 11) is 0. The topological polar surface area (TPSA) is 92.4 Å². The van der Waals surface area contributed by atoms with Crippen LogP contribution in [0, 0.1) is 30.6 Å². The molecule has 1 amide bonds. The lowest BCUT2D eigenvalue weighted by Crippen LogP contribution is -2.26. The molecule has 3 aliphatic rings. The number of aryl methyl sites for hydroxylation is 1. The molecule has 1 aromatic heterocycles. The molecule has 0 unspecified atom stereocenters. The highest BCUT2D eigenvalue weighted by Crippen LogP contribution is 2.55. The maximum absolute atomic E-state index is 13.4. The van der Waals surface area contributed by atoms with Gasteiger partial charge in [0.25, 0.3) is 0 Å². The molecular formula is C28H35ClN2O4. The number of aliphatic carboxylic acids is 1. The first kappa shape index (κ1) is 24.4. The standard InChI is InChI=1S/C28H35ClN2O4/c1-14(2)8-16-10-18(11-16)26-24(17-5-6-17)25(31-35-26)20-12-19(28(33)34)13-21(20)27(32)30-23-7-4-15(3)9-22(23)29/h4,7,9,14,16-21H,5-6,8,10-13H2,1-3H3,(H,30,32)(H,33,34)/t16-,18-,19-,20-,21-/m0/s1. The van der Waals surface area contributed by atoms with Gasteiger partial charge in [-0.15, -0.1) is 0 Å². The minimum absolute atomic E-state index is 0.198. The third kappa shape index (κ3) is 5.00. The van der Waals surface area contributed by atoms with E-state index in [2.05, 4.69) is 24.3 Å². The van der Waals surface area contributed by atoms with Crippen molar-refractivity contribution in [1.82, 2.24) is 5.16 Å². The fourth-order valence-electron chi connectivity index (χ4n) is 6.25. The van der Waals surface area contributed by atoms with Gasteiger partial charge in [-0.05, 0) is 87.3 Å². The fraction of sp³-hybridized carbons (Fsp3) is 0.607. The number of anilines is 1. The van der Waals surface area contributed by atoms with Crippen LogP contribution in [0.4, 0.5) is 5.69 Å². The van der Waals surface area contributed by atoms with Crippen LogP contribution in [-0.4, -0.2) is 22.1 Å². The van der Waals surface area contributed by atoms with Gasteiger partial charge in [0.1, 0.15) is 5.76 Å². The Morgan fingerprint density at radius 2 is 1.91 bits per heavy atom. The van der Waals surface area contributed by atoms with Crippen LogP contribution in [0.5, 0.6) is 0 Å². The number of aromatic nitrogens is 1. The summed E-state index contributed by atoms with van der Waals surface area (Å²) < 4.78 is 5.99. The summed E-state index contributed by atoms with van der Waals surface area (Å²) in [6.45, 7) is 6.48. The zero-order chi connectivity index (χ0) is 24.9. The van der Waals surface area contributed by atoms with Gasteiger partial charge in [-0.25, -0.2) is 0 Å². The van der Waals surface area contributed by atoms with E-state index in [0.717, 1.165) is 48.6 Å². The Morgan fingerprint density at radius 3 is 2.54 bits per heavy atom. The van der Waals surface area contributed by atoms with Crippen molar-refractivity contribution in [3.63, 3.8) is 0 Å². The van der Waals surface area contributed by atoms with E-state index in [4.69, 9.17) is 16.1 Å². The first-order valence-corrected chi connectivity index (χ1v) is 13.4. The van der Waals surface area contributed by atoms with Crippen molar-refractivity contribution in [3.05, 3.63) is 45.8 Å². The van der Waals surface area contributed by atoms with E-state index in [1.807, 2.05) is 19.1 Å². The normalized spacial score (nSPS) is 28.2. The van der Waals surface area contributed by atoms with Crippen molar-refractivity contribution >= 4 is 29.2 Å². The van der Waals surface area contributed by atoms with Gasteiger partial charge < -0.3 is 14.9 Å². The molecule has 0 spiro atoms. The molecule has 0 bridgehead atoms. The van der Waals surface area contributed by atoms with Gasteiger partial charge in [-0.2, -0.15) is 0 Å². The summed E-state index contributed by atoms with van der Waals surface area (Å²) in [5, 5.41) is 17.7. The molecule has 2 aromatic rings. The van der Waals surface area contributed by atoms with Crippen molar-refractivity contribution < 1.29 is 19.2 Å². The smallest absolute Gasteiger partial charge is 0.306 e. The second-order valence-corrected chi connectivity index (χ2v) is 11.9. The van der Waals surface area contributed by atoms with E-state index in [0.29, 0.717) is 41.3 Å². The Hall–Kier alpha value is -2.34. The molecule has 0 saturated heterocycles. The predicted octanol–water partition coefficient (Wildman–Crippen LogP) is 6.89. The molecule has 188 valence electrons. The van der Waals surface area contributed by atoms with Crippen molar-refractivity contribution in [1.29, 1.82) is 0 Å². The Kier molecular flexibility index (Phi) is 6.69. The lowest BCUT2D eigenvalue weighted by Gasteiger charge is -2.35. The van der Waals surface area contributed by atoms with E-state index in [1.165, 1.54) is 12.0 Å². The van der Waals surface area contributed by atoms with Crippen LogP contribution in [-0.2, 0) is 9.59 Å². The first-order chi connectivity index (χ1) is 16.7. The minimum atomic E-state index is -0.856. The van der Waals surface area contributed by atoms with Crippen molar-refractivity contribution in [3.8, 4) is 0 Å². The molecule has 7 heteroatoms. The fourth-order valence-corrected chi connectivity index (χ4v) is 6.54. The number of hydrogen-bond acceptors (Lipinski definition) is 4. The van der Waals surface area contributed by atoms with Crippen LogP contribution in [0.15, 0.2) is 22.7 Å². The van der Waals surface area contributed by atoms with Crippen LogP contribution in [0.1, 0.15) is 99.1 Å². The van der Waals surface area contributed by atoms with Gasteiger partial charge in [-0.1, -0.05) is 36.7 Å². The SMILES string of the molecule is Cc1ccc(NC(=O)[C@H]2C[C@@H](C(=O)O)C[C@@H]2c2noc([C@H]3C[C@H](CC(C)C)C3)c2C2CC2)c(Cl)c1. The van der Waals surface area contributed by atoms with Gasteiger partial charge in [0.15, 0.2) is 0 Å². The second kappa shape index (κ2) is 9.61. The van der Waals surface area contributed by atoms with Crippen LogP contribution < -0.4 is 5.32 Å². The Morgan fingerprint density at radius 1 is 1.17 bits per heavy atom. The number of nitrogens with one attached hydrogen (secondary N) is 1. The third-order valence-electron chi connectivity index (χ3n) is 8.16. The maximum Gasteiger partial charge on any atom is 0.306 e. The van der Waals surface area contributed by atoms with Crippen molar-refractivity contribution in [2.24, 2.45) is 23.7 Å². The highest BCUT2D eigenvalue weighted by atomic mass is 35.5. The maximum atomic E-state index is 13.4. The van der Waals surface area contributed by atoms with Gasteiger partial charge >= 0.3 is 5.97 Å². The number of rotatable bonds is 8. The molecule has 0 radical (unpaired) electrons. The largest absolute Gasteiger partial charge is 0.481 e. The molecule has 3 aliphatic carbocycles. The Labute approximate surface area is 211 Å². The lowest BCUT2D eigenvalue weighted by molar-refractivity contribution is -0.141. The summed E-state index contributed by atoms with van der Waals surface area (Å²) in [6.07, 6.45) is 6.41. The van der Waals surface area contributed by atoms with E-state index < -0.39 is 17.8 Å². The van der Waals surface area contributed by atoms with E-state index in [9.17, 15) is 14.7 Å². The monoisotopic (exact) mass is 498 g/mol. The van der Waals surface area contributed by atoms with Crippen LogP contribution in [0.2, 0.25) is 5.02 Å². The zero-order valence-corrected chi connectivity index (χ0v) is 21.5. The van der Waals surface area contributed by atoms with Gasteiger partial charge in [0.2, 0.25) is 5.91 Å². The highest BCUT2D eigenvalue weighted by molar-refractivity contribution is 6.33. The summed E-state index contributed by atoms with van der Waals surface area (Å²) in [6, 6.07) is 5.50. The van der Waals surface area contributed by atoms with Crippen LogP contribution >= 0.6 is 11.6 Å². The minimum Gasteiger partial charge on any atom is -0.481 e. The number of halogens is 1. The number of carbonyl (C=O) groups excluding carboxylic acids is 1. The molecule has 3 atom stereocenters. The number of benzene rings is 1. The zero-order valence-electron chi connectivity index (χ0n) is 20.7. The van der Waals surface area contributed by atoms with Gasteiger partial charge in [0.05, 0.1) is 22.3 Å². The van der Waals surface area contributed by atoms with E-state index >= 15 is 0 Å². The van der Waals surface area contributed by atoms with Crippen LogP contribution in [0.25, 0.3) is 0 Å². The summed E-state index contributed by atoms with van der Waals surface area (Å²) in [4.78, 5) is 25.4. The molecule has 5 rings (SSSR count). The first-order valence-electron chi connectivity index (χ1n) is 13.0. The number of carboxylic acids is 1. The molecule has 35 heavy (non-hydrogen) atoms. The number of hydrogen-bond donors (Lipinski definition) is 2. The van der Waals surface area contributed by atoms with Crippen molar-refractivity contribution in [2.75, 3.05) is 5.32 Å². The van der Waals surface area contributed by atoms with Crippen molar-refractivity contribution in [2.45, 2.75) is 83.5 Å². The van der Waals surface area contributed by atoms with E-state index in [-0.39, 0.29) is 11.8 Å². The Bertz CT molecular complexity index is 1120. The van der Waals surface area contributed by atoms with Gasteiger partial charge in [0, 0.05) is 23.3 Å². The summed E-state index contributed by atoms with van der Waals surface area (Å²) >= 11 is 6.36. The predicted molar refractivity (Wildman–Crippen MR) is 135 cm³/mol. The summed E-state index contributed by atoms with van der Waals surface area (Å²) in [5.41, 5.74) is 3.57. The lowest BCUT2D eigenvalue weighted by atomic mass is 9.69. The third-order valence-corrected chi connectivity index (χ3v) is 8.48. The highest BCUT2D eigenvalue weighted by Gasteiger charge is 2.48. The molecular weight excluding hydrogens is 464 g/mol. The summed E-state index contributed by atoms with van der Waals surface area (Å²) in [5.74, 6) is 0.877. The molecule has 1 aromatic carbocycles.